The molecule has 8 heteroatoms. The highest BCUT2D eigenvalue weighted by Crippen LogP contribution is 2.22. The highest BCUT2D eigenvalue weighted by molar-refractivity contribution is 7.99. The zero-order valence-electron chi connectivity index (χ0n) is 18.6. The molecule has 1 N–H and O–H groups in total. The van der Waals surface area contributed by atoms with Crippen LogP contribution in [-0.2, 0) is 11.3 Å². The van der Waals surface area contributed by atoms with E-state index in [0.29, 0.717) is 46.9 Å². The number of amides is 1. The second-order valence-corrected chi connectivity index (χ2v) is 8.95. The largest absolute Gasteiger partial charge is 0.376 e. The first-order valence-electron chi connectivity index (χ1n) is 11.2. The van der Waals surface area contributed by atoms with E-state index in [1.807, 2.05) is 25.1 Å². The maximum absolute atomic E-state index is 13.4. The van der Waals surface area contributed by atoms with Crippen molar-refractivity contribution in [2.75, 3.05) is 18.9 Å². The zero-order valence-corrected chi connectivity index (χ0v) is 19.4. The first-order valence-corrected chi connectivity index (χ1v) is 12.2. The van der Waals surface area contributed by atoms with Gasteiger partial charge in [0.1, 0.15) is 0 Å². The number of ketones is 1. The van der Waals surface area contributed by atoms with E-state index < -0.39 is 0 Å². The van der Waals surface area contributed by atoms with Gasteiger partial charge >= 0.3 is 0 Å². The van der Waals surface area contributed by atoms with Crippen LogP contribution in [0.25, 0.3) is 10.9 Å². The van der Waals surface area contributed by atoms with Crippen LogP contribution in [0, 0.1) is 0 Å². The lowest BCUT2D eigenvalue weighted by molar-refractivity contribution is 0.0937. The standard InChI is InChI=1S/C25H27N3O4S/c1-2-12-26-23(30)18-10-11-20-21(14-18)27-25(28(24(20)31)15-19-9-6-13-32-19)33-16-22(29)17-7-4-3-5-8-17/h3-5,7-8,10-11,14,19H,2,6,9,12-13,15-16H2,1H3,(H,26,30)/t19-/m0/s1. The lowest BCUT2D eigenvalue weighted by Gasteiger charge is -2.16. The lowest BCUT2D eigenvalue weighted by atomic mass is 10.1. The molecule has 4 rings (SSSR count). The summed E-state index contributed by atoms with van der Waals surface area (Å²) in [6.07, 6.45) is 2.63. The number of benzene rings is 2. The predicted molar refractivity (Wildman–Crippen MR) is 129 cm³/mol. The van der Waals surface area contributed by atoms with Gasteiger partial charge in [-0.3, -0.25) is 19.0 Å². The Balaban J connectivity index is 1.67. The summed E-state index contributed by atoms with van der Waals surface area (Å²) in [5.74, 6) is -0.0756. The van der Waals surface area contributed by atoms with E-state index in [4.69, 9.17) is 9.72 Å². The minimum atomic E-state index is -0.197. The van der Waals surface area contributed by atoms with Crippen molar-refractivity contribution in [3.63, 3.8) is 0 Å². The summed E-state index contributed by atoms with van der Waals surface area (Å²) in [6, 6.07) is 14.0. The molecule has 172 valence electrons. The molecule has 0 radical (unpaired) electrons. The van der Waals surface area contributed by atoms with Crippen molar-refractivity contribution in [2.45, 2.75) is 44.0 Å². The maximum atomic E-state index is 13.4. The van der Waals surface area contributed by atoms with Crippen LogP contribution in [-0.4, -0.2) is 46.2 Å². The lowest BCUT2D eigenvalue weighted by Crippen LogP contribution is -2.29. The number of nitrogens with zero attached hydrogens (tertiary/aromatic N) is 2. The fourth-order valence-corrected chi connectivity index (χ4v) is 4.69. The van der Waals surface area contributed by atoms with Gasteiger partial charge in [-0.05, 0) is 37.5 Å². The van der Waals surface area contributed by atoms with Gasteiger partial charge in [0.15, 0.2) is 10.9 Å². The van der Waals surface area contributed by atoms with Gasteiger partial charge in [0.25, 0.3) is 11.5 Å². The van der Waals surface area contributed by atoms with Crippen LogP contribution in [0.5, 0.6) is 0 Å². The van der Waals surface area contributed by atoms with Crippen LogP contribution in [0.3, 0.4) is 0 Å². The van der Waals surface area contributed by atoms with Crippen LogP contribution in [0.4, 0.5) is 0 Å². The molecule has 0 bridgehead atoms. The number of carbonyl (C=O) groups is 2. The Morgan fingerprint density at radius 3 is 2.73 bits per heavy atom. The molecule has 7 nitrogen and oxygen atoms in total. The van der Waals surface area contributed by atoms with E-state index in [-0.39, 0.29) is 29.1 Å². The fourth-order valence-electron chi connectivity index (χ4n) is 3.78. The van der Waals surface area contributed by atoms with E-state index >= 15 is 0 Å². The number of hydrogen-bond acceptors (Lipinski definition) is 6. The normalized spacial score (nSPS) is 15.6. The van der Waals surface area contributed by atoms with Crippen molar-refractivity contribution in [3.05, 3.63) is 70.0 Å². The second-order valence-electron chi connectivity index (χ2n) is 8.01. The van der Waals surface area contributed by atoms with E-state index in [1.54, 1.807) is 34.9 Å². The molecule has 1 atom stereocenters. The van der Waals surface area contributed by atoms with E-state index in [9.17, 15) is 14.4 Å². The predicted octanol–water partition coefficient (Wildman–Crippen LogP) is 3.69. The number of nitrogens with one attached hydrogen (secondary N) is 1. The van der Waals surface area contributed by atoms with E-state index in [2.05, 4.69) is 5.32 Å². The zero-order chi connectivity index (χ0) is 23.2. The average Bonchev–Trinajstić information content (AvgIpc) is 3.36. The third-order valence-electron chi connectivity index (χ3n) is 5.56. The average molecular weight is 466 g/mol. The first-order chi connectivity index (χ1) is 16.1. The summed E-state index contributed by atoms with van der Waals surface area (Å²) < 4.78 is 7.35. The van der Waals surface area contributed by atoms with Gasteiger partial charge in [-0.1, -0.05) is 49.0 Å². The number of carbonyl (C=O) groups excluding carboxylic acids is 2. The number of Topliss-reactive ketones (excluding diaryl/α,β-unsaturated/α-hetero) is 1. The third kappa shape index (κ3) is 5.51. The summed E-state index contributed by atoms with van der Waals surface area (Å²) in [5, 5.41) is 3.74. The van der Waals surface area contributed by atoms with Crippen LogP contribution >= 0.6 is 11.8 Å². The highest BCUT2D eigenvalue weighted by Gasteiger charge is 2.21. The molecule has 1 aromatic heterocycles. The van der Waals surface area contributed by atoms with Crippen molar-refractivity contribution < 1.29 is 14.3 Å². The molecule has 0 unspecified atom stereocenters. The topological polar surface area (TPSA) is 90.3 Å². The van der Waals surface area contributed by atoms with Crippen molar-refractivity contribution in [1.82, 2.24) is 14.9 Å². The minimum Gasteiger partial charge on any atom is -0.376 e. The summed E-state index contributed by atoms with van der Waals surface area (Å²) >= 11 is 1.24. The van der Waals surface area contributed by atoms with Crippen LogP contribution in [0.1, 0.15) is 46.9 Å². The molecule has 0 saturated carbocycles. The van der Waals surface area contributed by atoms with Gasteiger partial charge in [0.2, 0.25) is 0 Å². The molecule has 1 amide bonds. The molecule has 0 aliphatic carbocycles. The summed E-state index contributed by atoms with van der Waals surface area (Å²) in [7, 11) is 0. The van der Waals surface area contributed by atoms with Crippen LogP contribution in [0.15, 0.2) is 58.5 Å². The molecule has 1 aliphatic heterocycles. The Morgan fingerprint density at radius 2 is 2.00 bits per heavy atom. The highest BCUT2D eigenvalue weighted by atomic mass is 32.2. The molecule has 2 aromatic carbocycles. The Bertz CT molecular complexity index is 1200. The quantitative estimate of drug-likeness (QED) is 0.294. The molecular weight excluding hydrogens is 438 g/mol. The second kappa shape index (κ2) is 10.8. The molecule has 1 aliphatic rings. The summed E-state index contributed by atoms with van der Waals surface area (Å²) in [5.41, 5.74) is 1.33. The van der Waals surface area contributed by atoms with Crippen molar-refractivity contribution in [3.8, 4) is 0 Å². The number of hydrogen-bond donors (Lipinski definition) is 1. The number of fused-ring (bicyclic) bond motifs is 1. The van der Waals surface area contributed by atoms with E-state index in [0.717, 1.165) is 19.3 Å². The number of aromatic nitrogens is 2. The molecule has 2 heterocycles. The van der Waals surface area contributed by atoms with Crippen LogP contribution in [0.2, 0.25) is 0 Å². The summed E-state index contributed by atoms with van der Waals surface area (Å²) in [4.78, 5) is 43.1. The Labute approximate surface area is 196 Å². The van der Waals surface area contributed by atoms with Gasteiger partial charge in [-0.2, -0.15) is 0 Å². The van der Waals surface area contributed by atoms with Gasteiger partial charge in [0.05, 0.1) is 29.3 Å². The molecule has 1 saturated heterocycles. The first kappa shape index (κ1) is 23.2. The summed E-state index contributed by atoms with van der Waals surface area (Å²) in [6.45, 7) is 3.64. The van der Waals surface area contributed by atoms with Gasteiger partial charge in [-0.15, -0.1) is 0 Å². The Morgan fingerprint density at radius 1 is 1.18 bits per heavy atom. The molecule has 0 spiro atoms. The maximum Gasteiger partial charge on any atom is 0.262 e. The van der Waals surface area contributed by atoms with Gasteiger partial charge in [-0.25, -0.2) is 4.98 Å². The molecule has 3 aromatic rings. The number of ether oxygens (including phenoxy) is 1. The van der Waals surface area contributed by atoms with Crippen LogP contribution < -0.4 is 10.9 Å². The smallest absolute Gasteiger partial charge is 0.262 e. The fraction of sp³-hybridized carbons (Fsp3) is 0.360. The molecular formula is C25H27N3O4S. The van der Waals surface area contributed by atoms with Gasteiger partial charge in [0, 0.05) is 24.3 Å². The van der Waals surface area contributed by atoms with Crippen molar-refractivity contribution in [2.24, 2.45) is 0 Å². The molecule has 1 fully saturated rings. The van der Waals surface area contributed by atoms with Crippen molar-refractivity contribution >= 4 is 34.4 Å². The SMILES string of the molecule is CCCNC(=O)c1ccc2c(=O)n(C[C@@H]3CCCO3)c(SCC(=O)c3ccccc3)nc2c1. The van der Waals surface area contributed by atoms with Crippen molar-refractivity contribution in [1.29, 1.82) is 0 Å². The Kier molecular flexibility index (Phi) is 7.57. The third-order valence-corrected chi connectivity index (χ3v) is 6.53. The molecule has 33 heavy (non-hydrogen) atoms. The minimum absolute atomic E-state index is 0.0358. The van der Waals surface area contributed by atoms with E-state index in [1.165, 1.54) is 11.8 Å². The number of rotatable bonds is 9. The van der Waals surface area contributed by atoms with Gasteiger partial charge < -0.3 is 10.1 Å². The Hall–Kier alpha value is -2.97. The number of thioether (sulfide) groups is 1. The monoisotopic (exact) mass is 465 g/mol.